The normalized spacial score (nSPS) is 13.3. The molecular formula is C19H24N2OS. The van der Waals surface area contributed by atoms with Gasteiger partial charge in [0.2, 0.25) is 5.91 Å². The molecule has 0 aliphatic heterocycles. The Bertz CT molecular complexity index is 613. The van der Waals surface area contributed by atoms with Gasteiger partial charge in [-0.1, -0.05) is 73.5 Å². The Balaban J connectivity index is 1.92. The van der Waals surface area contributed by atoms with Gasteiger partial charge in [0.1, 0.15) is 0 Å². The second kappa shape index (κ2) is 8.75. The summed E-state index contributed by atoms with van der Waals surface area (Å²) in [6.07, 6.45) is 3.32. The fourth-order valence-corrected chi connectivity index (χ4v) is 3.01. The van der Waals surface area contributed by atoms with Crippen LogP contribution in [-0.2, 0) is 11.2 Å². The summed E-state index contributed by atoms with van der Waals surface area (Å²) in [7, 11) is 0. The van der Waals surface area contributed by atoms with E-state index in [1.165, 1.54) is 28.6 Å². The van der Waals surface area contributed by atoms with Gasteiger partial charge in [0.25, 0.3) is 0 Å². The lowest BCUT2D eigenvalue weighted by Gasteiger charge is -2.16. The van der Waals surface area contributed by atoms with Crippen LogP contribution in [0.2, 0.25) is 0 Å². The van der Waals surface area contributed by atoms with E-state index >= 15 is 0 Å². The Morgan fingerprint density at radius 2 is 1.70 bits per heavy atom. The highest BCUT2D eigenvalue weighted by molar-refractivity contribution is 7.97. The molecule has 23 heavy (non-hydrogen) atoms. The lowest BCUT2D eigenvalue weighted by Crippen LogP contribution is -2.31. The first-order chi connectivity index (χ1) is 11.1. The van der Waals surface area contributed by atoms with Crippen LogP contribution in [0.25, 0.3) is 11.1 Å². The third-order valence-electron chi connectivity index (χ3n) is 3.87. The van der Waals surface area contributed by atoms with Crippen molar-refractivity contribution in [3.63, 3.8) is 0 Å². The van der Waals surface area contributed by atoms with Crippen LogP contribution < -0.4 is 10.5 Å². The molecule has 3 nitrogen and oxygen atoms in total. The Kier molecular flexibility index (Phi) is 6.68. The van der Waals surface area contributed by atoms with Crippen molar-refractivity contribution >= 4 is 17.9 Å². The molecule has 4 heteroatoms. The number of rotatable bonds is 7. The number of nitrogens with two attached hydrogens (primary N) is 1. The Morgan fingerprint density at radius 1 is 1.09 bits per heavy atom. The molecule has 0 aromatic heterocycles. The third kappa shape index (κ3) is 5.41. The topological polar surface area (TPSA) is 55.1 Å². The van der Waals surface area contributed by atoms with E-state index in [9.17, 15) is 4.79 Å². The monoisotopic (exact) mass is 328 g/mol. The van der Waals surface area contributed by atoms with Gasteiger partial charge in [-0.05, 0) is 29.5 Å². The van der Waals surface area contributed by atoms with Gasteiger partial charge in [0, 0.05) is 18.2 Å². The number of hydrogen-bond acceptors (Lipinski definition) is 3. The highest BCUT2D eigenvalue weighted by atomic mass is 32.2. The first-order valence-electron chi connectivity index (χ1n) is 7.83. The Morgan fingerprint density at radius 3 is 2.30 bits per heavy atom. The fourth-order valence-electron chi connectivity index (χ4n) is 2.61. The van der Waals surface area contributed by atoms with Crippen LogP contribution in [0.15, 0.2) is 54.6 Å². The quantitative estimate of drug-likeness (QED) is 0.763. The van der Waals surface area contributed by atoms with Crippen molar-refractivity contribution in [3.05, 3.63) is 60.2 Å². The number of hydrogen-bond donors (Lipinski definition) is 2. The molecule has 0 bridgehead atoms. The molecule has 3 N–H and O–H groups in total. The third-order valence-corrected chi connectivity index (χ3v) is 4.27. The summed E-state index contributed by atoms with van der Waals surface area (Å²) in [4.78, 5) is 11.7. The average molecular weight is 328 g/mol. The van der Waals surface area contributed by atoms with Gasteiger partial charge in [-0.25, -0.2) is 0 Å². The summed E-state index contributed by atoms with van der Waals surface area (Å²) < 4.78 is 2.76. The number of benzene rings is 2. The highest BCUT2D eigenvalue weighted by Crippen LogP contribution is 2.20. The molecule has 2 aromatic carbocycles. The van der Waals surface area contributed by atoms with Crippen LogP contribution in [0.3, 0.4) is 0 Å². The SMILES string of the molecule is CSNC(=O)[C@H](C)CC(N)Cc1ccc(-c2ccccc2)cc1. The zero-order valence-corrected chi connectivity index (χ0v) is 14.5. The Labute approximate surface area is 142 Å². The molecular weight excluding hydrogens is 304 g/mol. The maximum absolute atomic E-state index is 11.7. The fraction of sp³-hybridized carbons (Fsp3) is 0.316. The molecule has 0 spiro atoms. The zero-order chi connectivity index (χ0) is 16.7. The molecule has 0 saturated heterocycles. The maximum Gasteiger partial charge on any atom is 0.232 e. The van der Waals surface area contributed by atoms with Crippen molar-refractivity contribution < 1.29 is 4.79 Å². The van der Waals surface area contributed by atoms with Crippen LogP contribution in [0, 0.1) is 5.92 Å². The first kappa shape index (κ1) is 17.6. The molecule has 1 unspecified atom stereocenters. The minimum atomic E-state index is -0.0685. The second-order valence-electron chi connectivity index (χ2n) is 5.83. The van der Waals surface area contributed by atoms with Crippen molar-refractivity contribution in [1.29, 1.82) is 0 Å². The standard InChI is InChI=1S/C19H24N2OS/c1-14(19(22)21-23-2)12-18(20)13-15-8-10-17(11-9-15)16-6-4-3-5-7-16/h3-11,14,18H,12-13,20H2,1-2H3,(H,21,22)/t14-,18?/m1/s1. The predicted octanol–water partition coefficient (Wildman–Crippen LogP) is 3.64. The number of carbonyl (C=O) groups is 1. The molecule has 0 aliphatic rings. The van der Waals surface area contributed by atoms with E-state index in [2.05, 4.69) is 41.1 Å². The van der Waals surface area contributed by atoms with Crippen LogP contribution >= 0.6 is 11.9 Å². The highest BCUT2D eigenvalue weighted by Gasteiger charge is 2.16. The summed E-state index contributed by atoms with van der Waals surface area (Å²) in [6, 6.07) is 18.8. The van der Waals surface area contributed by atoms with Crippen molar-refractivity contribution in [3.8, 4) is 11.1 Å². The van der Waals surface area contributed by atoms with Gasteiger partial charge in [0.05, 0.1) is 0 Å². The van der Waals surface area contributed by atoms with E-state index in [1.807, 2.05) is 31.4 Å². The van der Waals surface area contributed by atoms with Gasteiger partial charge in [-0.2, -0.15) is 0 Å². The van der Waals surface area contributed by atoms with Gasteiger partial charge in [0.15, 0.2) is 0 Å². The first-order valence-corrected chi connectivity index (χ1v) is 9.05. The van der Waals surface area contributed by atoms with E-state index in [4.69, 9.17) is 5.73 Å². The predicted molar refractivity (Wildman–Crippen MR) is 99.0 cm³/mol. The van der Waals surface area contributed by atoms with Crippen molar-refractivity contribution in [2.75, 3.05) is 6.26 Å². The summed E-state index contributed by atoms with van der Waals surface area (Å²) in [5, 5.41) is 0. The second-order valence-corrected chi connectivity index (χ2v) is 6.45. The minimum Gasteiger partial charge on any atom is -0.327 e. The molecule has 0 radical (unpaired) electrons. The lowest BCUT2D eigenvalue weighted by molar-refractivity contribution is -0.122. The van der Waals surface area contributed by atoms with Gasteiger partial charge in [-0.3, -0.25) is 4.79 Å². The summed E-state index contributed by atoms with van der Waals surface area (Å²) >= 11 is 1.33. The van der Waals surface area contributed by atoms with Gasteiger partial charge < -0.3 is 10.5 Å². The van der Waals surface area contributed by atoms with Crippen LogP contribution in [0.4, 0.5) is 0 Å². The molecule has 0 fully saturated rings. The smallest absolute Gasteiger partial charge is 0.232 e. The van der Waals surface area contributed by atoms with Crippen LogP contribution in [-0.4, -0.2) is 18.2 Å². The summed E-state index contributed by atoms with van der Waals surface area (Å²) in [6.45, 7) is 1.92. The van der Waals surface area contributed by atoms with Crippen LogP contribution in [0.1, 0.15) is 18.9 Å². The molecule has 1 amide bonds. The number of amides is 1. The molecule has 2 atom stereocenters. The van der Waals surface area contributed by atoms with E-state index in [-0.39, 0.29) is 17.9 Å². The van der Waals surface area contributed by atoms with E-state index < -0.39 is 0 Å². The van der Waals surface area contributed by atoms with E-state index in [0.29, 0.717) is 6.42 Å². The van der Waals surface area contributed by atoms with Gasteiger partial charge >= 0.3 is 0 Å². The largest absolute Gasteiger partial charge is 0.327 e. The lowest BCUT2D eigenvalue weighted by atomic mass is 9.95. The van der Waals surface area contributed by atoms with Crippen LogP contribution in [0.5, 0.6) is 0 Å². The number of carbonyl (C=O) groups excluding carboxylic acids is 1. The molecule has 0 heterocycles. The van der Waals surface area contributed by atoms with Gasteiger partial charge in [-0.15, -0.1) is 0 Å². The summed E-state index contributed by atoms with van der Waals surface area (Å²) in [5.41, 5.74) is 9.82. The molecule has 2 aromatic rings. The summed E-state index contributed by atoms with van der Waals surface area (Å²) in [5.74, 6) is -0.0200. The zero-order valence-electron chi connectivity index (χ0n) is 13.7. The van der Waals surface area contributed by atoms with Crippen molar-refractivity contribution in [2.24, 2.45) is 11.7 Å². The Hall–Kier alpha value is -1.78. The van der Waals surface area contributed by atoms with E-state index in [1.54, 1.807) is 0 Å². The molecule has 0 saturated carbocycles. The van der Waals surface area contributed by atoms with E-state index in [0.717, 1.165) is 6.42 Å². The molecule has 122 valence electrons. The minimum absolute atomic E-state index is 0.0137. The maximum atomic E-state index is 11.7. The average Bonchev–Trinajstić information content (AvgIpc) is 2.56. The van der Waals surface area contributed by atoms with Crippen molar-refractivity contribution in [1.82, 2.24) is 4.72 Å². The molecule has 0 aliphatic carbocycles. The molecule has 2 rings (SSSR count). The number of nitrogens with one attached hydrogen (secondary N) is 1. The van der Waals surface area contributed by atoms with Crippen molar-refractivity contribution in [2.45, 2.75) is 25.8 Å².